The van der Waals surface area contributed by atoms with E-state index in [2.05, 4.69) is 34.4 Å². The highest BCUT2D eigenvalue weighted by atomic mass is 16.6. The van der Waals surface area contributed by atoms with Gasteiger partial charge in [-0.3, -0.25) is 0 Å². The second kappa shape index (κ2) is 3.81. The lowest BCUT2D eigenvalue weighted by atomic mass is 9.64. The molecule has 4 heteroatoms. The number of hydrogen-bond acceptors (Lipinski definition) is 3. The fourth-order valence-corrected chi connectivity index (χ4v) is 1.63. The van der Waals surface area contributed by atoms with E-state index >= 15 is 0 Å². The second-order valence-electron chi connectivity index (χ2n) is 3.57. The first-order valence-electron chi connectivity index (χ1n) is 5.04. The van der Waals surface area contributed by atoms with Crippen molar-refractivity contribution in [3.63, 3.8) is 0 Å². The summed E-state index contributed by atoms with van der Waals surface area (Å²) in [5.41, 5.74) is 3.82. The Morgan fingerprint density at radius 2 is 1.62 bits per heavy atom. The first kappa shape index (κ1) is 9.15. The average molecular weight is 207 g/mol. The van der Waals surface area contributed by atoms with E-state index in [-0.39, 0.29) is 0 Å². The van der Waals surface area contributed by atoms with E-state index in [4.69, 9.17) is 0 Å². The van der Waals surface area contributed by atoms with Gasteiger partial charge in [0.1, 0.15) is 11.0 Å². The van der Waals surface area contributed by atoms with Crippen molar-refractivity contribution in [2.75, 3.05) is 0 Å². The molecule has 1 radical (unpaired) electrons. The molecule has 0 amide bonds. The Morgan fingerprint density at radius 3 is 2.50 bits per heavy atom. The SMILES string of the molecule is [B](c1ccccc1)c1ccc2nonc2c1. The molecule has 3 nitrogen and oxygen atoms in total. The van der Waals surface area contributed by atoms with E-state index in [1.807, 2.05) is 36.4 Å². The first-order chi connectivity index (χ1) is 7.92. The van der Waals surface area contributed by atoms with E-state index in [0.717, 1.165) is 16.5 Å². The lowest BCUT2D eigenvalue weighted by Gasteiger charge is -1.98. The van der Waals surface area contributed by atoms with Crippen LogP contribution in [0.25, 0.3) is 11.0 Å². The summed E-state index contributed by atoms with van der Waals surface area (Å²) >= 11 is 0. The van der Waals surface area contributed by atoms with E-state index < -0.39 is 0 Å². The summed E-state index contributed by atoms with van der Waals surface area (Å²) in [5.74, 6) is 0. The molecule has 0 aliphatic carbocycles. The average Bonchev–Trinajstić information content (AvgIpc) is 2.77. The Hall–Kier alpha value is -2.10. The second-order valence-corrected chi connectivity index (χ2v) is 3.57. The van der Waals surface area contributed by atoms with Crippen LogP contribution in [0.4, 0.5) is 0 Å². The standard InChI is InChI=1S/C12H8BN2O/c1-2-4-9(5-3-1)13-10-6-7-11-12(8-10)15-16-14-11/h1-8H. The van der Waals surface area contributed by atoms with Gasteiger partial charge in [0.15, 0.2) is 7.28 Å². The van der Waals surface area contributed by atoms with Gasteiger partial charge in [0.25, 0.3) is 0 Å². The summed E-state index contributed by atoms with van der Waals surface area (Å²) in [5, 5.41) is 7.58. The van der Waals surface area contributed by atoms with E-state index in [1.165, 1.54) is 5.46 Å². The minimum absolute atomic E-state index is 0.782. The molecule has 3 rings (SSSR count). The maximum atomic E-state index is 4.66. The summed E-state index contributed by atoms with van der Waals surface area (Å²) in [4.78, 5) is 0. The van der Waals surface area contributed by atoms with Crippen molar-refractivity contribution in [2.45, 2.75) is 0 Å². The van der Waals surface area contributed by atoms with Gasteiger partial charge >= 0.3 is 0 Å². The van der Waals surface area contributed by atoms with Crippen LogP contribution in [0.15, 0.2) is 53.2 Å². The molecule has 0 saturated carbocycles. The van der Waals surface area contributed by atoms with Gasteiger partial charge in [0.05, 0.1) is 0 Å². The van der Waals surface area contributed by atoms with Crippen molar-refractivity contribution in [3.05, 3.63) is 48.5 Å². The summed E-state index contributed by atoms with van der Waals surface area (Å²) in [6.45, 7) is 0. The van der Waals surface area contributed by atoms with Crippen LogP contribution < -0.4 is 10.9 Å². The van der Waals surface area contributed by atoms with E-state index in [9.17, 15) is 0 Å². The van der Waals surface area contributed by atoms with Crippen LogP contribution in [-0.2, 0) is 0 Å². The molecule has 16 heavy (non-hydrogen) atoms. The zero-order valence-electron chi connectivity index (χ0n) is 8.50. The predicted molar refractivity (Wildman–Crippen MR) is 63.3 cm³/mol. The molecule has 2 aromatic carbocycles. The van der Waals surface area contributed by atoms with Crippen molar-refractivity contribution in [3.8, 4) is 0 Å². The summed E-state index contributed by atoms with van der Waals surface area (Å²) in [7, 11) is 2.09. The lowest BCUT2D eigenvalue weighted by molar-refractivity contribution is 0.315. The molecule has 1 heterocycles. The minimum atomic E-state index is 0.782. The molecule has 0 spiro atoms. The van der Waals surface area contributed by atoms with Gasteiger partial charge in [-0.2, -0.15) is 0 Å². The van der Waals surface area contributed by atoms with Crippen molar-refractivity contribution >= 4 is 29.2 Å². The highest BCUT2D eigenvalue weighted by molar-refractivity contribution is 6.67. The molecule has 0 fully saturated rings. The van der Waals surface area contributed by atoms with Gasteiger partial charge in [-0.25, -0.2) is 4.63 Å². The highest BCUT2D eigenvalue weighted by Gasteiger charge is 2.03. The normalized spacial score (nSPS) is 10.5. The van der Waals surface area contributed by atoms with Gasteiger partial charge in [0.2, 0.25) is 0 Å². The molecule has 3 aromatic rings. The van der Waals surface area contributed by atoms with E-state index in [0.29, 0.717) is 0 Å². The zero-order chi connectivity index (χ0) is 10.8. The summed E-state index contributed by atoms with van der Waals surface area (Å²) < 4.78 is 4.66. The molecular weight excluding hydrogens is 199 g/mol. The summed E-state index contributed by atoms with van der Waals surface area (Å²) in [6.07, 6.45) is 0. The van der Waals surface area contributed by atoms with Gasteiger partial charge in [-0.15, -0.1) is 0 Å². The molecule has 0 unspecified atom stereocenters. The predicted octanol–water partition coefficient (Wildman–Crippen LogP) is 0.878. The maximum absolute atomic E-state index is 4.66. The fourth-order valence-electron chi connectivity index (χ4n) is 1.63. The van der Waals surface area contributed by atoms with Crippen molar-refractivity contribution < 1.29 is 4.63 Å². The van der Waals surface area contributed by atoms with Crippen molar-refractivity contribution in [1.82, 2.24) is 10.3 Å². The van der Waals surface area contributed by atoms with Gasteiger partial charge in [-0.05, 0) is 22.4 Å². The Bertz CT molecular complexity index is 606. The Kier molecular flexibility index (Phi) is 2.18. The van der Waals surface area contributed by atoms with Gasteiger partial charge < -0.3 is 0 Å². The number of nitrogens with zero attached hydrogens (tertiary/aromatic N) is 2. The molecule has 0 saturated heterocycles. The van der Waals surface area contributed by atoms with Crippen LogP contribution in [0.5, 0.6) is 0 Å². The first-order valence-corrected chi connectivity index (χ1v) is 5.04. The number of fused-ring (bicyclic) bond motifs is 1. The van der Waals surface area contributed by atoms with Crippen LogP contribution in [0, 0.1) is 0 Å². The largest absolute Gasteiger partial charge is 0.243 e. The van der Waals surface area contributed by atoms with Gasteiger partial charge in [0, 0.05) is 0 Å². The quantitative estimate of drug-likeness (QED) is 0.585. The number of rotatable bonds is 2. The fraction of sp³-hybridized carbons (Fsp3) is 0. The third kappa shape index (κ3) is 1.69. The van der Waals surface area contributed by atoms with E-state index in [1.54, 1.807) is 0 Å². The molecule has 75 valence electrons. The number of benzene rings is 2. The molecular formula is C12H8BN2O. The summed E-state index contributed by atoms with van der Waals surface area (Å²) in [6, 6.07) is 16.0. The van der Waals surface area contributed by atoms with Crippen LogP contribution in [0.2, 0.25) is 0 Å². The monoisotopic (exact) mass is 207 g/mol. The molecule has 0 N–H and O–H groups in total. The molecule has 0 aliphatic heterocycles. The Balaban J connectivity index is 1.94. The topological polar surface area (TPSA) is 38.9 Å². The molecule has 1 aromatic heterocycles. The van der Waals surface area contributed by atoms with Crippen LogP contribution in [0.3, 0.4) is 0 Å². The highest BCUT2D eigenvalue weighted by Crippen LogP contribution is 2.04. The lowest BCUT2D eigenvalue weighted by Crippen LogP contribution is -2.26. The molecule has 0 atom stereocenters. The Morgan fingerprint density at radius 1 is 0.812 bits per heavy atom. The third-order valence-electron chi connectivity index (χ3n) is 2.41. The van der Waals surface area contributed by atoms with Crippen LogP contribution in [-0.4, -0.2) is 17.6 Å². The van der Waals surface area contributed by atoms with Crippen molar-refractivity contribution in [2.24, 2.45) is 0 Å². The van der Waals surface area contributed by atoms with Crippen molar-refractivity contribution in [1.29, 1.82) is 0 Å². The van der Waals surface area contributed by atoms with Crippen LogP contribution in [0.1, 0.15) is 0 Å². The molecule has 0 bridgehead atoms. The minimum Gasteiger partial charge on any atom is -0.243 e. The Labute approximate surface area is 93.3 Å². The van der Waals surface area contributed by atoms with Gasteiger partial charge in [-0.1, -0.05) is 47.3 Å². The number of aromatic nitrogens is 2. The smallest absolute Gasteiger partial charge is 0.191 e. The zero-order valence-corrected chi connectivity index (χ0v) is 8.50. The van der Waals surface area contributed by atoms with Crippen LogP contribution >= 0.6 is 0 Å². The third-order valence-corrected chi connectivity index (χ3v) is 2.41. The number of hydrogen-bond donors (Lipinski definition) is 0. The maximum Gasteiger partial charge on any atom is 0.191 e. The molecule has 0 aliphatic rings.